The molecule has 0 saturated carbocycles. The third kappa shape index (κ3) is 5.32. The fraction of sp³-hybridized carbons (Fsp3) is 0.909. The Hall–Kier alpha value is -0.660. The molecule has 0 aromatic carbocycles. The SMILES string of the molecule is CCOC(CN)CC(=O)NC1CCS(=O)(=O)CC1. The minimum atomic E-state index is -2.88. The van der Waals surface area contributed by atoms with E-state index in [1.165, 1.54) is 0 Å². The van der Waals surface area contributed by atoms with Gasteiger partial charge in [0.05, 0.1) is 24.0 Å². The molecule has 1 heterocycles. The van der Waals surface area contributed by atoms with Crippen LogP contribution in [0.2, 0.25) is 0 Å². The summed E-state index contributed by atoms with van der Waals surface area (Å²) in [6.45, 7) is 2.68. The molecule has 0 radical (unpaired) electrons. The zero-order chi connectivity index (χ0) is 13.6. The predicted octanol–water partition coefficient (Wildman–Crippen LogP) is -0.566. The Kier molecular flexibility index (Phi) is 6.04. The smallest absolute Gasteiger partial charge is 0.222 e. The largest absolute Gasteiger partial charge is 0.377 e. The first-order chi connectivity index (χ1) is 8.46. The quantitative estimate of drug-likeness (QED) is 0.678. The summed E-state index contributed by atoms with van der Waals surface area (Å²) in [4.78, 5) is 11.7. The standard InChI is InChI=1S/C11H22N2O4S/c1-2-17-10(8-12)7-11(14)13-9-3-5-18(15,16)6-4-9/h9-10H,2-8,12H2,1H3,(H,13,14). The second-order valence-corrected chi connectivity index (χ2v) is 6.81. The summed E-state index contributed by atoms with van der Waals surface area (Å²) < 4.78 is 27.8. The van der Waals surface area contributed by atoms with Crippen LogP contribution in [0.5, 0.6) is 0 Å². The van der Waals surface area contributed by atoms with Crippen molar-refractivity contribution in [2.24, 2.45) is 5.73 Å². The van der Waals surface area contributed by atoms with Crippen molar-refractivity contribution in [2.45, 2.75) is 38.3 Å². The van der Waals surface area contributed by atoms with Crippen molar-refractivity contribution in [1.29, 1.82) is 0 Å². The van der Waals surface area contributed by atoms with Crippen LogP contribution in [0.3, 0.4) is 0 Å². The van der Waals surface area contributed by atoms with Crippen molar-refractivity contribution in [3.05, 3.63) is 0 Å². The average Bonchev–Trinajstić information content (AvgIpc) is 2.31. The highest BCUT2D eigenvalue weighted by Gasteiger charge is 2.25. The van der Waals surface area contributed by atoms with Crippen molar-refractivity contribution in [3.63, 3.8) is 0 Å². The zero-order valence-corrected chi connectivity index (χ0v) is 11.5. The minimum Gasteiger partial charge on any atom is -0.377 e. The van der Waals surface area contributed by atoms with E-state index in [1.54, 1.807) is 0 Å². The number of hydrogen-bond acceptors (Lipinski definition) is 5. The van der Waals surface area contributed by atoms with Crippen LogP contribution in [0.15, 0.2) is 0 Å². The Morgan fingerprint density at radius 2 is 2.06 bits per heavy atom. The summed E-state index contributed by atoms with van der Waals surface area (Å²) >= 11 is 0. The Balaban J connectivity index is 2.32. The van der Waals surface area contributed by atoms with E-state index < -0.39 is 9.84 Å². The summed E-state index contributed by atoms with van der Waals surface area (Å²) in [5.74, 6) is 0.191. The molecule has 106 valence electrons. The van der Waals surface area contributed by atoms with Gasteiger partial charge in [0, 0.05) is 19.2 Å². The van der Waals surface area contributed by atoms with Crippen LogP contribution in [0.1, 0.15) is 26.2 Å². The average molecular weight is 278 g/mol. The number of carbonyl (C=O) groups excluding carboxylic acids is 1. The number of nitrogens with two attached hydrogens (primary N) is 1. The maximum absolute atomic E-state index is 11.7. The Labute approximate surface area is 108 Å². The van der Waals surface area contributed by atoms with Gasteiger partial charge in [0.25, 0.3) is 0 Å². The lowest BCUT2D eigenvalue weighted by atomic mass is 10.1. The molecule has 6 nitrogen and oxygen atoms in total. The third-order valence-electron chi connectivity index (χ3n) is 3.00. The summed E-state index contributed by atoms with van der Waals surface area (Å²) in [5.41, 5.74) is 5.49. The van der Waals surface area contributed by atoms with E-state index in [4.69, 9.17) is 10.5 Å². The maximum atomic E-state index is 11.7. The molecule has 1 atom stereocenters. The van der Waals surface area contributed by atoms with Crippen LogP contribution in [-0.4, -0.2) is 51.1 Å². The van der Waals surface area contributed by atoms with E-state index in [0.717, 1.165) is 0 Å². The van der Waals surface area contributed by atoms with Gasteiger partial charge in [-0.15, -0.1) is 0 Å². The first-order valence-electron chi connectivity index (χ1n) is 6.28. The van der Waals surface area contributed by atoms with Gasteiger partial charge in [-0.05, 0) is 19.8 Å². The van der Waals surface area contributed by atoms with Crippen molar-refractivity contribution in [3.8, 4) is 0 Å². The van der Waals surface area contributed by atoms with Crippen LogP contribution in [-0.2, 0) is 19.4 Å². The normalized spacial score (nSPS) is 21.4. The number of sulfone groups is 1. The lowest BCUT2D eigenvalue weighted by molar-refractivity contribution is -0.124. The highest BCUT2D eigenvalue weighted by Crippen LogP contribution is 2.12. The van der Waals surface area contributed by atoms with E-state index in [-0.39, 0.29) is 36.0 Å². The molecule has 0 aromatic heterocycles. The lowest BCUT2D eigenvalue weighted by Gasteiger charge is -2.24. The Morgan fingerprint density at radius 1 is 1.44 bits per heavy atom. The fourth-order valence-corrected chi connectivity index (χ4v) is 3.47. The molecule has 3 N–H and O–H groups in total. The molecule has 7 heteroatoms. The highest BCUT2D eigenvalue weighted by molar-refractivity contribution is 7.91. The molecule has 1 amide bonds. The maximum Gasteiger partial charge on any atom is 0.222 e. The molecule has 18 heavy (non-hydrogen) atoms. The van der Waals surface area contributed by atoms with Crippen LogP contribution >= 0.6 is 0 Å². The van der Waals surface area contributed by atoms with Gasteiger partial charge in [-0.2, -0.15) is 0 Å². The molecule has 1 saturated heterocycles. The fourth-order valence-electron chi connectivity index (χ4n) is 1.97. The van der Waals surface area contributed by atoms with Crippen LogP contribution in [0.4, 0.5) is 0 Å². The van der Waals surface area contributed by atoms with E-state index in [2.05, 4.69) is 5.32 Å². The molecule has 1 aliphatic heterocycles. The van der Waals surface area contributed by atoms with Crippen molar-refractivity contribution >= 4 is 15.7 Å². The number of hydrogen-bond donors (Lipinski definition) is 2. The van der Waals surface area contributed by atoms with Crippen molar-refractivity contribution in [2.75, 3.05) is 24.7 Å². The number of ether oxygens (including phenoxy) is 1. The summed E-state index contributed by atoms with van der Waals surface area (Å²) in [6, 6.07) is -0.0407. The van der Waals surface area contributed by atoms with Gasteiger partial charge in [-0.1, -0.05) is 0 Å². The zero-order valence-electron chi connectivity index (χ0n) is 10.7. The van der Waals surface area contributed by atoms with Gasteiger partial charge in [0.1, 0.15) is 9.84 Å². The topological polar surface area (TPSA) is 98.5 Å². The molecular weight excluding hydrogens is 256 g/mol. The van der Waals surface area contributed by atoms with E-state index in [0.29, 0.717) is 26.0 Å². The van der Waals surface area contributed by atoms with Gasteiger partial charge < -0.3 is 15.8 Å². The first kappa shape index (κ1) is 15.4. The summed E-state index contributed by atoms with van der Waals surface area (Å²) in [6.07, 6.45) is 0.960. The number of nitrogens with one attached hydrogen (secondary N) is 1. The Morgan fingerprint density at radius 3 is 2.56 bits per heavy atom. The number of rotatable bonds is 6. The highest BCUT2D eigenvalue weighted by atomic mass is 32.2. The molecule has 0 aromatic rings. The van der Waals surface area contributed by atoms with Crippen molar-refractivity contribution < 1.29 is 17.9 Å². The van der Waals surface area contributed by atoms with Gasteiger partial charge in [-0.25, -0.2) is 8.42 Å². The van der Waals surface area contributed by atoms with Gasteiger partial charge in [0.15, 0.2) is 0 Å². The molecule has 0 bridgehead atoms. The van der Waals surface area contributed by atoms with E-state index in [9.17, 15) is 13.2 Å². The summed E-state index contributed by atoms with van der Waals surface area (Å²) in [7, 11) is -2.88. The molecule has 0 aliphatic carbocycles. The molecule has 1 fully saturated rings. The minimum absolute atomic E-state index is 0.0407. The number of amides is 1. The lowest BCUT2D eigenvalue weighted by Crippen LogP contribution is -2.42. The van der Waals surface area contributed by atoms with E-state index in [1.807, 2.05) is 6.92 Å². The third-order valence-corrected chi connectivity index (χ3v) is 4.71. The number of carbonyl (C=O) groups is 1. The van der Waals surface area contributed by atoms with E-state index >= 15 is 0 Å². The van der Waals surface area contributed by atoms with Crippen LogP contribution in [0.25, 0.3) is 0 Å². The molecule has 0 spiro atoms. The predicted molar refractivity (Wildman–Crippen MR) is 68.9 cm³/mol. The van der Waals surface area contributed by atoms with Gasteiger partial charge in [0.2, 0.25) is 5.91 Å². The van der Waals surface area contributed by atoms with Crippen LogP contribution in [0, 0.1) is 0 Å². The molecular formula is C11H22N2O4S. The first-order valence-corrected chi connectivity index (χ1v) is 8.10. The Bertz CT molecular complexity index is 355. The van der Waals surface area contributed by atoms with Crippen molar-refractivity contribution in [1.82, 2.24) is 5.32 Å². The van der Waals surface area contributed by atoms with Gasteiger partial charge >= 0.3 is 0 Å². The van der Waals surface area contributed by atoms with Crippen LogP contribution < -0.4 is 11.1 Å². The second kappa shape index (κ2) is 7.06. The molecule has 1 rings (SSSR count). The monoisotopic (exact) mass is 278 g/mol. The molecule has 1 aliphatic rings. The van der Waals surface area contributed by atoms with Gasteiger partial charge in [-0.3, -0.25) is 4.79 Å². The summed E-state index contributed by atoms with van der Waals surface area (Å²) in [5, 5.41) is 2.84. The molecule has 1 unspecified atom stereocenters. The second-order valence-electron chi connectivity index (χ2n) is 4.51.